The highest BCUT2D eigenvalue weighted by molar-refractivity contribution is 5.18. The summed E-state index contributed by atoms with van der Waals surface area (Å²) >= 11 is 0. The van der Waals surface area contributed by atoms with Crippen molar-refractivity contribution in [1.82, 2.24) is 5.32 Å². The maximum absolute atomic E-state index is 3.96. The Bertz CT molecular complexity index is 329. The summed E-state index contributed by atoms with van der Waals surface area (Å²) in [6.07, 6.45) is 6.09. The molecule has 0 aliphatic rings. The molecule has 18 heavy (non-hydrogen) atoms. The lowest BCUT2D eigenvalue weighted by molar-refractivity contribution is 0.476. The average Bonchev–Trinajstić information content (AvgIpc) is 2.38. The number of nitrogens with one attached hydrogen (secondary N) is 1. The van der Waals surface area contributed by atoms with Gasteiger partial charge in [0.05, 0.1) is 0 Å². The zero-order valence-electron chi connectivity index (χ0n) is 11.9. The molecule has 0 heterocycles. The van der Waals surface area contributed by atoms with Gasteiger partial charge in [-0.05, 0) is 44.7 Å². The summed E-state index contributed by atoms with van der Waals surface area (Å²) in [4.78, 5) is 0. The van der Waals surface area contributed by atoms with Crippen LogP contribution in [0.2, 0.25) is 0 Å². The molecule has 1 unspecified atom stereocenters. The monoisotopic (exact) mass is 245 g/mol. The smallest absolute Gasteiger partial charge is 0.0320 e. The Labute approximate surface area is 112 Å². The van der Waals surface area contributed by atoms with Crippen LogP contribution < -0.4 is 5.32 Å². The molecule has 0 saturated carbocycles. The molecule has 0 aromatic heterocycles. The lowest BCUT2D eigenvalue weighted by atomic mass is 9.99. The normalized spacial score (nSPS) is 12.3. The van der Waals surface area contributed by atoms with Crippen LogP contribution in [-0.2, 0) is 0 Å². The Kier molecular flexibility index (Phi) is 7.43. The molecule has 100 valence electrons. The molecule has 1 heteroatoms. The van der Waals surface area contributed by atoms with Crippen molar-refractivity contribution in [2.24, 2.45) is 0 Å². The van der Waals surface area contributed by atoms with Crippen LogP contribution in [-0.4, -0.2) is 6.54 Å². The van der Waals surface area contributed by atoms with E-state index in [0.717, 1.165) is 13.0 Å². The Morgan fingerprint density at radius 3 is 2.56 bits per heavy atom. The molecule has 0 bridgehead atoms. The van der Waals surface area contributed by atoms with E-state index in [4.69, 9.17) is 0 Å². The SMILES string of the molecule is C=C(C)CCCCC(NCCC)c1ccccc1. The summed E-state index contributed by atoms with van der Waals surface area (Å²) in [5.41, 5.74) is 2.72. The molecule has 1 rings (SSSR count). The van der Waals surface area contributed by atoms with Gasteiger partial charge >= 0.3 is 0 Å². The molecule has 0 amide bonds. The first-order valence-electron chi connectivity index (χ1n) is 7.16. The second kappa shape index (κ2) is 8.93. The summed E-state index contributed by atoms with van der Waals surface area (Å²) in [5, 5.41) is 3.65. The van der Waals surface area contributed by atoms with Gasteiger partial charge in [-0.1, -0.05) is 49.2 Å². The quantitative estimate of drug-likeness (QED) is 0.484. The van der Waals surface area contributed by atoms with Crippen molar-refractivity contribution < 1.29 is 0 Å². The minimum absolute atomic E-state index is 0.510. The molecule has 1 N–H and O–H groups in total. The van der Waals surface area contributed by atoms with Crippen molar-refractivity contribution in [3.63, 3.8) is 0 Å². The van der Waals surface area contributed by atoms with Gasteiger partial charge in [-0.25, -0.2) is 0 Å². The van der Waals surface area contributed by atoms with E-state index in [2.05, 4.69) is 56.1 Å². The standard InChI is InChI=1S/C17H27N/c1-4-14-18-17(13-9-8-10-15(2)3)16-11-6-5-7-12-16/h5-7,11-12,17-18H,2,4,8-10,13-14H2,1,3H3. The molecular weight excluding hydrogens is 218 g/mol. The predicted molar refractivity (Wildman–Crippen MR) is 80.8 cm³/mol. The molecule has 1 atom stereocenters. The van der Waals surface area contributed by atoms with Crippen LogP contribution in [0.15, 0.2) is 42.5 Å². The van der Waals surface area contributed by atoms with E-state index >= 15 is 0 Å². The second-order valence-electron chi connectivity index (χ2n) is 5.12. The van der Waals surface area contributed by atoms with Crippen molar-refractivity contribution in [2.45, 2.75) is 52.0 Å². The highest BCUT2D eigenvalue weighted by Gasteiger charge is 2.09. The lowest BCUT2D eigenvalue weighted by Crippen LogP contribution is -2.22. The summed E-state index contributed by atoms with van der Waals surface area (Å²) < 4.78 is 0. The van der Waals surface area contributed by atoms with Gasteiger partial charge in [0.2, 0.25) is 0 Å². The maximum atomic E-state index is 3.96. The molecule has 0 fully saturated rings. The fourth-order valence-electron chi connectivity index (χ4n) is 2.17. The van der Waals surface area contributed by atoms with E-state index in [1.807, 2.05) is 0 Å². The van der Waals surface area contributed by atoms with Gasteiger partial charge in [-0.2, -0.15) is 0 Å². The van der Waals surface area contributed by atoms with Crippen LogP contribution in [0.3, 0.4) is 0 Å². The highest BCUT2D eigenvalue weighted by atomic mass is 14.9. The number of rotatable bonds is 9. The molecular formula is C17H27N. The van der Waals surface area contributed by atoms with Crippen molar-refractivity contribution >= 4 is 0 Å². The van der Waals surface area contributed by atoms with Gasteiger partial charge < -0.3 is 5.32 Å². The van der Waals surface area contributed by atoms with Gasteiger partial charge in [-0.3, -0.25) is 0 Å². The van der Waals surface area contributed by atoms with E-state index in [0.29, 0.717) is 6.04 Å². The van der Waals surface area contributed by atoms with Crippen LogP contribution in [0.25, 0.3) is 0 Å². The Balaban J connectivity index is 2.43. The summed E-state index contributed by atoms with van der Waals surface area (Å²) in [6.45, 7) is 9.39. The average molecular weight is 245 g/mol. The minimum atomic E-state index is 0.510. The van der Waals surface area contributed by atoms with Crippen LogP contribution in [0, 0.1) is 0 Å². The van der Waals surface area contributed by atoms with Crippen molar-refractivity contribution in [2.75, 3.05) is 6.54 Å². The van der Waals surface area contributed by atoms with E-state index in [-0.39, 0.29) is 0 Å². The van der Waals surface area contributed by atoms with Gasteiger partial charge in [0.15, 0.2) is 0 Å². The first kappa shape index (κ1) is 15.0. The maximum Gasteiger partial charge on any atom is 0.0320 e. The summed E-state index contributed by atoms with van der Waals surface area (Å²) in [5.74, 6) is 0. The van der Waals surface area contributed by atoms with Crippen LogP contribution in [0.1, 0.15) is 57.6 Å². The lowest BCUT2D eigenvalue weighted by Gasteiger charge is -2.19. The molecule has 0 saturated heterocycles. The zero-order valence-corrected chi connectivity index (χ0v) is 11.9. The highest BCUT2D eigenvalue weighted by Crippen LogP contribution is 2.20. The third-order valence-corrected chi connectivity index (χ3v) is 3.19. The number of unbranched alkanes of at least 4 members (excludes halogenated alkanes) is 1. The van der Waals surface area contributed by atoms with Crippen molar-refractivity contribution in [1.29, 1.82) is 0 Å². The van der Waals surface area contributed by atoms with Gasteiger partial charge in [0.25, 0.3) is 0 Å². The van der Waals surface area contributed by atoms with Crippen molar-refractivity contribution in [3.8, 4) is 0 Å². The topological polar surface area (TPSA) is 12.0 Å². The van der Waals surface area contributed by atoms with Crippen LogP contribution in [0.4, 0.5) is 0 Å². The molecule has 0 radical (unpaired) electrons. The third-order valence-electron chi connectivity index (χ3n) is 3.19. The Morgan fingerprint density at radius 1 is 1.22 bits per heavy atom. The molecule has 1 aromatic carbocycles. The van der Waals surface area contributed by atoms with E-state index in [9.17, 15) is 0 Å². The number of hydrogen-bond donors (Lipinski definition) is 1. The fraction of sp³-hybridized carbons (Fsp3) is 0.529. The Hall–Kier alpha value is -1.08. The van der Waals surface area contributed by atoms with E-state index in [1.54, 1.807) is 0 Å². The van der Waals surface area contributed by atoms with E-state index < -0.39 is 0 Å². The molecule has 0 aliphatic heterocycles. The molecule has 1 aromatic rings. The molecule has 1 nitrogen and oxygen atoms in total. The largest absolute Gasteiger partial charge is 0.310 e. The number of hydrogen-bond acceptors (Lipinski definition) is 1. The van der Waals surface area contributed by atoms with Crippen molar-refractivity contribution in [3.05, 3.63) is 48.0 Å². The van der Waals surface area contributed by atoms with Gasteiger partial charge in [0, 0.05) is 6.04 Å². The van der Waals surface area contributed by atoms with Gasteiger partial charge in [-0.15, -0.1) is 6.58 Å². The predicted octanol–water partition coefficient (Wildman–Crippen LogP) is 4.86. The molecule has 0 spiro atoms. The minimum Gasteiger partial charge on any atom is -0.310 e. The number of benzene rings is 1. The van der Waals surface area contributed by atoms with Gasteiger partial charge in [0.1, 0.15) is 0 Å². The number of allylic oxidation sites excluding steroid dienone is 1. The summed E-state index contributed by atoms with van der Waals surface area (Å²) in [6, 6.07) is 11.3. The molecule has 0 aliphatic carbocycles. The fourth-order valence-corrected chi connectivity index (χ4v) is 2.17. The second-order valence-corrected chi connectivity index (χ2v) is 5.12. The van der Waals surface area contributed by atoms with Crippen LogP contribution >= 0.6 is 0 Å². The van der Waals surface area contributed by atoms with Crippen LogP contribution in [0.5, 0.6) is 0 Å². The first-order chi connectivity index (χ1) is 8.74. The zero-order chi connectivity index (χ0) is 13.2. The Morgan fingerprint density at radius 2 is 1.94 bits per heavy atom. The summed E-state index contributed by atoms with van der Waals surface area (Å²) in [7, 11) is 0. The van der Waals surface area contributed by atoms with E-state index in [1.165, 1.54) is 36.8 Å². The first-order valence-corrected chi connectivity index (χ1v) is 7.16. The third kappa shape index (κ3) is 6.02.